The molecule has 0 saturated heterocycles. The van der Waals surface area contributed by atoms with Crippen LogP contribution < -0.4 is 5.73 Å². The van der Waals surface area contributed by atoms with E-state index < -0.39 is 0 Å². The highest BCUT2D eigenvalue weighted by atomic mass is 35.5. The number of phenolic OH excluding ortho intramolecular Hbond substituents is 2. The molecule has 74 valence electrons. The highest BCUT2D eigenvalue weighted by molar-refractivity contribution is 5.85. The first-order valence-corrected chi connectivity index (χ1v) is 3.92. The standard InChI is InChI=1S/C9H13NO2.ClH/c1-2-7(10)6-3-4-8(11)9(12)5-6;/h3-5,7,11-12H,2,10H2,1H3;1H/t7-;/m0./s1. The molecule has 4 N–H and O–H groups in total. The van der Waals surface area contributed by atoms with E-state index in [-0.39, 0.29) is 29.9 Å². The number of hydrogen-bond donors (Lipinski definition) is 3. The number of hydrogen-bond acceptors (Lipinski definition) is 3. The van der Waals surface area contributed by atoms with Crippen molar-refractivity contribution in [3.8, 4) is 11.5 Å². The SMILES string of the molecule is CC[C@H](N)c1ccc(O)c(O)c1.Cl. The summed E-state index contributed by atoms with van der Waals surface area (Å²) in [6.45, 7) is 1.97. The summed E-state index contributed by atoms with van der Waals surface area (Å²) >= 11 is 0. The summed E-state index contributed by atoms with van der Waals surface area (Å²) in [5.74, 6) is -0.224. The van der Waals surface area contributed by atoms with Crippen LogP contribution in [0.5, 0.6) is 11.5 Å². The van der Waals surface area contributed by atoms with E-state index in [0.29, 0.717) is 0 Å². The van der Waals surface area contributed by atoms with Gasteiger partial charge in [-0.25, -0.2) is 0 Å². The maximum absolute atomic E-state index is 9.14. The third kappa shape index (κ3) is 2.79. The van der Waals surface area contributed by atoms with Crippen LogP contribution in [0.3, 0.4) is 0 Å². The molecule has 1 aromatic rings. The molecule has 1 rings (SSSR count). The number of nitrogens with two attached hydrogens (primary N) is 1. The van der Waals surface area contributed by atoms with Crippen LogP contribution in [0.1, 0.15) is 24.9 Å². The zero-order valence-corrected chi connectivity index (χ0v) is 8.21. The third-order valence-electron chi connectivity index (χ3n) is 1.87. The Hall–Kier alpha value is -0.930. The normalized spacial score (nSPS) is 11.8. The predicted molar refractivity (Wildman–Crippen MR) is 54.2 cm³/mol. The van der Waals surface area contributed by atoms with Gasteiger partial charge in [0.2, 0.25) is 0 Å². The van der Waals surface area contributed by atoms with Gasteiger partial charge in [-0.2, -0.15) is 0 Å². The van der Waals surface area contributed by atoms with Crippen LogP contribution in [0.25, 0.3) is 0 Å². The minimum atomic E-state index is -0.114. The summed E-state index contributed by atoms with van der Waals surface area (Å²) in [5, 5.41) is 18.1. The first-order chi connectivity index (χ1) is 5.65. The van der Waals surface area contributed by atoms with Crippen LogP contribution in [0.4, 0.5) is 0 Å². The lowest BCUT2D eigenvalue weighted by molar-refractivity contribution is 0.402. The molecule has 0 aliphatic rings. The monoisotopic (exact) mass is 203 g/mol. The molecule has 0 aromatic heterocycles. The van der Waals surface area contributed by atoms with Gasteiger partial charge in [-0.15, -0.1) is 12.4 Å². The van der Waals surface area contributed by atoms with Gasteiger partial charge in [0.25, 0.3) is 0 Å². The Balaban J connectivity index is 0.00000144. The molecule has 0 bridgehead atoms. The second-order valence-corrected chi connectivity index (χ2v) is 2.76. The smallest absolute Gasteiger partial charge is 0.157 e. The maximum Gasteiger partial charge on any atom is 0.157 e. The zero-order valence-electron chi connectivity index (χ0n) is 7.40. The zero-order chi connectivity index (χ0) is 9.14. The Labute approximate surface area is 83.6 Å². The molecule has 0 spiro atoms. The van der Waals surface area contributed by atoms with E-state index >= 15 is 0 Å². The van der Waals surface area contributed by atoms with Crippen LogP contribution in [-0.2, 0) is 0 Å². The van der Waals surface area contributed by atoms with Crippen molar-refractivity contribution in [2.45, 2.75) is 19.4 Å². The van der Waals surface area contributed by atoms with Crippen molar-refractivity contribution in [1.82, 2.24) is 0 Å². The molecule has 1 aromatic carbocycles. The van der Waals surface area contributed by atoms with Gasteiger partial charge in [0.15, 0.2) is 11.5 Å². The summed E-state index contributed by atoms with van der Waals surface area (Å²) in [4.78, 5) is 0. The molecule has 0 amide bonds. The summed E-state index contributed by atoms with van der Waals surface area (Å²) < 4.78 is 0. The lowest BCUT2D eigenvalue weighted by Gasteiger charge is -2.09. The van der Waals surface area contributed by atoms with Gasteiger partial charge in [0.1, 0.15) is 0 Å². The molecule has 3 nitrogen and oxygen atoms in total. The molecular formula is C9H14ClNO2. The summed E-state index contributed by atoms with van der Waals surface area (Å²) in [7, 11) is 0. The van der Waals surface area contributed by atoms with Crippen molar-refractivity contribution in [3.05, 3.63) is 23.8 Å². The summed E-state index contributed by atoms with van der Waals surface area (Å²) in [6.07, 6.45) is 0.810. The van der Waals surface area contributed by atoms with Crippen LogP contribution in [0, 0.1) is 0 Å². The number of rotatable bonds is 2. The van der Waals surface area contributed by atoms with Crippen molar-refractivity contribution in [2.75, 3.05) is 0 Å². The molecule has 13 heavy (non-hydrogen) atoms. The third-order valence-corrected chi connectivity index (χ3v) is 1.87. The molecular weight excluding hydrogens is 190 g/mol. The van der Waals surface area contributed by atoms with E-state index in [1.807, 2.05) is 6.92 Å². The van der Waals surface area contributed by atoms with Gasteiger partial charge in [0, 0.05) is 6.04 Å². The van der Waals surface area contributed by atoms with Crippen molar-refractivity contribution >= 4 is 12.4 Å². The second kappa shape index (κ2) is 4.94. The predicted octanol–water partition coefficient (Wildman–Crippen LogP) is 1.93. The lowest BCUT2D eigenvalue weighted by atomic mass is 10.1. The average molecular weight is 204 g/mol. The van der Waals surface area contributed by atoms with Gasteiger partial charge in [-0.3, -0.25) is 0 Å². The Morgan fingerprint density at radius 2 is 1.92 bits per heavy atom. The molecule has 0 fully saturated rings. The van der Waals surface area contributed by atoms with Gasteiger partial charge in [0.05, 0.1) is 0 Å². The van der Waals surface area contributed by atoms with E-state index in [0.717, 1.165) is 12.0 Å². The van der Waals surface area contributed by atoms with Crippen molar-refractivity contribution in [3.63, 3.8) is 0 Å². The Morgan fingerprint density at radius 1 is 1.31 bits per heavy atom. The van der Waals surface area contributed by atoms with Crippen LogP contribution in [0.15, 0.2) is 18.2 Å². The molecule has 0 heterocycles. The lowest BCUT2D eigenvalue weighted by Crippen LogP contribution is -2.07. The number of phenols is 2. The molecule has 0 saturated carbocycles. The van der Waals surface area contributed by atoms with Gasteiger partial charge in [-0.1, -0.05) is 13.0 Å². The average Bonchev–Trinajstić information content (AvgIpc) is 2.08. The summed E-state index contributed by atoms with van der Waals surface area (Å²) in [6, 6.07) is 4.57. The first kappa shape index (κ1) is 12.1. The van der Waals surface area contributed by atoms with E-state index in [1.165, 1.54) is 12.1 Å². The van der Waals surface area contributed by atoms with Gasteiger partial charge in [-0.05, 0) is 24.1 Å². The van der Waals surface area contributed by atoms with Crippen LogP contribution in [0.2, 0.25) is 0 Å². The van der Waals surface area contributed by atoms with Gasteiger partial charge >= 0.3 is 0 Å². The highest BCUT2D eigenvalue weighted by Crippen LogP contribution is 2.27. The van der Waals surface area contributed by atoms with E-state index in [1.54, 1.807) is 6.07 Å². The fourth-order valence-corrected chi connectivity index (χ4v) is 1.01. The minimum absolute atomic E-state index is 0. The van der Waals surface area contributed by atoms with Crippen molar-refractivity contribution in [2.24, 2.45) is 5.73 Å². The van der Waals surface area contributed by atoms with E-state index in [2.05, 4.69) is 0 Å². The van der Waals surface area contributed by atoms with Crippen LogP contribution >= 0.6 is 12.4 Å². The van der Waals surface area contributed by atoms with Crippen molar-refractivity contribution in [1.29, 1.82) is 0 Å². The first-order valence-electron chi connectivity index (χ1n) is 3.92. The van der Waals surface area contributed by atoms with Crippen LogP contribution in [-0.4, -0.2) is 10.2 Å². The minimum Gasteiger partial charge on any atom is -0.504 e. The highest BCUT2D eigenvalue weighted by Gasteiger charge is 2.05. The van der Waals surface area contributed by atoms with Gasteiger partial charge < -0.3 is 15.9 Å². The van der Waals surface area contributed by atoms with Crippen molar-refractivity contribution < 1.29 is 10.2 Å². The fourth-order valence-electron chi connectivity index (χ4n) is 1.01. The Kier molecular flexibility index (Phi) is 4.59. The number of aromatic hydroxyl groups is 2. The Bertz CT molecular complexity index is 278. The molecule has 0 aliphatic heterocycles. The Morgan fingerprint density at radius 3 is 2.38 bits per heavy atom. The molecule has 1 atom stereocenters. The second-order valence-electron chi connectivity index (χ2n) is 2.76. The number of benzene rings is 1. The topological polar surface area (TPSA) is 66.5 Å². The molecule has 0 aliphatic carbocycles. The largest absolute Gasteiger partial charge is 0.504 e. The molecule has 0 radical (unpaired) electrons. The quantitative estimate of drug-likeness (QED) is 0.644. The van der Waals surface area contributed by atoms with E-state index in [4.69, 9.17) is 15.9 Å². The van der Waals surface area contributed by atoms with E-state index in [9.17, 15) is 0 Å². The fraction of sp³-hybridized carbons (Fsp3) is 0.333. The molecule has 0 unspecified atom stereocenters. The maximum atomic E-state index is 9.14. The molecule has 4 heteroatoms. The number of halogens is 1. The summed E-state index contributed by atoms with van der Waals surface area (Å²) in [5.41, 5.74) is 6.56.